The van der Waals surface area contributed by atoms with Gasteiger partial charge in [0.2, 0.25) is 11.8 Å². The summed E-state index contributed by atoms with van der Waals surface area (Å²) in [6.07, 6.45) is 6.47. The fraction of sp³-hybridized carbons (Fsp3) is 0.167. The number of hydrogen-bond acceptors (Lipinski definition) is 10. The molecule has 240 valence electrons. The van der Waals surface area contributed by atoms with Gasteiger partial charge in [0.1, 0.15) is 28.7 Å². The van der Waals surface area contributed by atoms with E-state index >= 15 is 0 Å². The van der Waals surface area contributed by atoms with Crippen LogP contribution in [0.4, 0.5) is 10.6 Å². The lowest BCUT2D eigenvalue weighted by Gasteiger charge is -2.20. The molecule has 0 saturated heterocycles. The molecule has 2 aromatic carbocycles. The highest BCUT2D eigenvalue weighted by atomic mass is 35.5. The Morgan fingerprint density at radius 3 is 2.57 bits per heavy atom. The maximum Gasteiger partial charge on any atom is 0.412 e. The van der Waals surface area contributed by atoms with E-state index in [4.69, 9.17) is 27.9 Å². The Morgan fingerprint density at radius 2 is 1.89 bits per heavy atom. The average Bonchev–Trinajstić information content (AvgIpc) is 3.74. The first-order valence-electron chi connectivity index (χ1n) is 13.9. The fourth-order valence-corrected chi connectivity index (χ4v) is 4.73. The van der Waals surface area contributed by atoms with Gasteiger partial charge in [-0.3, -0.25) is 19.5 Å². The van der Waals surface area contributed by atoms with Crippen molar-refractivity contribution in [2.24, 2.45) is 0 Å². The molecule has 0 spiro atoms. The number of amides is 3. The number of imidazole rings is 1. The van der Waals surface area contributed by atoms with Gasteiger partial charge in [-0.15, -0.1) is 5.10 Å². The molecule has 0 radical (unpaired) electrons. The molecule has 15 nitrogen and oxygen atoms in total. The molecule has 5 aromatic rings. The summed E-state index contributed by atoms with van der Waals surface area (Å²) in [5.74, 6) is -0.0381. The van der Waals surface area contributed by atoms with Crippen molar-refractivity contribution in [3.05, 3.63) is 94.5 Å². The van der Waals surface area contributed by atoms with Crippen LogP contribution in [-0.2, 0) is 9.59 Å². The molecule has 0 fully saturated rings. The predicted octanol–water partition coefficient (Wildman–Crippen LogP) is 4.10. The number of anilines is 1. The molecule has 3 amide bonds. The van der Waals surface area contributed by atoms with Crippen LogP contribution in [-0.4, -0.2) is 72.1 Å². The molecule has 0 aliphatic carbocycles. The standard InChI is InChI=1S/C30H27Cl2N11O4/c1-17-14-35-24(15-34-17)42(3)26(45)13-22(29-38-27(28(32)39-29)18-4-8-21(9-5-18)47-30(46)33-2)37-25(44)11-6-19-12-20(31)7-10-23(19)43-16-36-40-41-43/h4-12,14-16,22H,13H2,1-3H3,(H,33,46)(H,37,44)(H,38,39)/t22-/m0/s1. The minimum Gasteiger partial charge on any atom is -0.410 e. The van der Waals surface area contributed by atoms with Crippen molar-refractivity contribution in [1.29, 1.82) is 0 Å². The summed E-state index contributed by atoms with van der Waals surface area (Å²) in [4.78, 5) is 55.7. The highest BCUT2D eigenvalue weighted by Gasteiger charge is 2.26. The van der Waals surface area contributed by atoms with E-state index in [1.807, 2.05) is 0 Å². The Balaban J connectivity index is 1.41. The van der Waals surface area contributed by atoms with Gasteiger partial charge in [-0.1, -0.05) is 23.2 Å². The van der Waals surface area contributed by atoms with Gasteiger partial charge >= 0.3 is 6.09 Å². The highest BCUT2D eigenvalue weighted by Crippen LogP contribution is 2.30. The van der Waals surface area contributed by atoms with Crippen molar-refractivity contribution in [2.75, 3.05) is 19.0 Å². The van der Waals surface area contributed by atoms with Crippen molar-refractivity contribution in [3.8, 4) is 22.7 Å². The topological polar surface area (TPSA) is 186 Å². The smallest absolute Gasteiger partial charge is 0.410 e. The maximum absolute atomic E-state index is 13.4. The first-order valence-corrected chi connectivity index (χ1v) is 14.7. The van der Waals surface area contributed by atoms with E-state index in [2.05, 4.69) is 46.1 Å². The summed E-state index contributed by atoms with van der Waals surface area (Å²) in [5.41, 5.74) is 2.81. The summed E-state index contributed by atoms with van der Waals surface area (Å²) >= 11 is 12.8. The van der Waals surface area contributed by atoms with Crippen LogP contribution in [0.5, 0.6) is 5.75 Å². The van der Waals surface area contributed by atoms with Gasteiger partial charge in [0, 0.05) is 36.3 Å². The first-order chi connectivity index (χ1) is 22.6. The van der Waals surface area contributed by atoms with E-state index in [1.54, 1.807) is 68.7 Å². The van der Waals surface area contributed by atoms with E-state index in [0.717, 1.165) is 0 Å². The minimum absolute atomic E-state index is 0.171. The zero-order chi connectivity index (χ0) is 33.5. The molecule has 0 bridgehead atoms. The van der Waals surface area contributed by atoms with Crippen LogP contribution in [0.3, 0.4) is 0 Å². The minimum atomic E-state index is -0.944. The van der Waals surface area contributed by atoms with Gasteiger partial charge in [-0.05, 0) is 65.9 Å². The van der Waals surface area contributed by atoms with E-state index in [9.17, 15) is 14.4 Å². The molecule has 0 saturated carbocycles. The molecule has 0 unspecified atom stereocenters. The van der Waals surface area contributed by atoms with Gasteiger partial charge in [0.15, 0.2) is 5.82 Å². The molecule has 3 aromatic heterocycles. The van der Waals surface area contributed by atoms with Gasteiger partial charge in [-0.25, -0.2) is 14.8 Å². The van der Waals surface area contributed by atoms with Crippen LogP contribution in [0.15, 0.2) is 67.3 Å². The second-order valence-corrected chi connectivity index (χ2v) is 10.8. The third-order valence-electron chi connectivity index (χ3n) is 6.73. The van der Waals surface area contributed by atoms with Crippen molar-refractivity contribution in [3.63, 3.8) is 0 Å². The Hall–Kier alpha value is -5.67. The second kappa shape index (κ2) is 14.6. The summed E-state index contributed by atoms with van der Waals surface area (Å²) in [5, 5.41) is 17.0. The molecule has 5 rings (SSSR count). The fourth-order valence-electron chi connectivity index (χ4n) is 4.30. The molecule has 3 heterocycles. The number of rotatable bonds is 10. The molecule has 0 aliphatic rings. The number of benzene rings is 2. The number of hydrogen-bond donors (Lipinski definition) is 3. The summed E-state index contributed by atoms with van der Waals surface area (Å²) < 4.78 is 6.57. The maximum atomic E-state index is 13.4. The van der Waals surface area contributed by atoms with Gasteiger partial charge in [0.05, 0.1) is 36.2 Å². The van der Waals surface area contributed by atoms with Gasteiger partial charge in [-0.2, -0.15) is 4.68 Å². The number of ether oxygens (including phenoxy) is 1. The van der Waals surface area contributed by atoms with Crippen LogP contribution < -0.4 is 20.3 Å². The number of aromatic amines is 1. The van der Waals surface area contributed by atoms with Crippen LogP contribution in [0.25, 0.3) is 23.0 Å². The number of aromatic nitrogens is 8. The number of carbonyl (C=O) groups excluding carboxylic acids is 3. The average molecular weight is 677 g/mol. The van der Waals surface area contributed by atoms with E-state index < -0.39 is 18.0 Å². The number of nitrogens with one attached hydrogen (secondary N) is 3. The Kier molecular flexibility index (Phi) is 10.2. The van der Waals surface area contributed by atoms with E-state index in [-0.39, 0.29) is 23.3 Å². The largest absolute Gasteiger partial charge is 0.412 e. The summed E-state index contributed by atoms with van der Waals surface area (Å²) in [6.45, 7) is 1.79. The first kappa shape index (κ1) is 32.7. The van der Waals surface area contributed by atoms with Gasteiger partial charge in [0.25, 0.3) is 0 Å². The van der Waals surface area contributed by atoms with Crippen LogP contribution in [0, 0.1) is 6.92 Å². The molecular weight excluding hydrogens is 649 g/mol. The quantitative estimate of drug-likeness (QED) is 0.182. The van der Waals surface area contributed by atoms with Gasteiger partial charge < -0.3 is 20.4 Å². The Bertz CT molecular complexity index is 1910. The van der Waals surface area contributed by atoms with Crippen molar-refractivity contribution in [1.82, 2.24) is 50.8 Å². The number of halogens is 2. The monoisotopic (exact) mass is 675 g/mol. The molecular formula is C30H27Cl2N11O4. The molecule has 0 aliphatic heterocycles. The summed E-state index contributed by atoms with van der Waals surface area (Å²) in [6, 6.07) is 10.6. The third-order valence-corrected chi connectivity index (χ3v) is 7.24. The lowest BCUT2D eigenvalue weighted by Crippen LogP contribution is -2.35. The molecule has 47 heavy (non-hydrogen) atoms. The molecule has 1 atom stereocenters. The zero-order valence-corrected chi connectivity index (χ0v) is 26.7. The SMILES string of the molecule is CNC(=O)Oc1ccc(-c2nc([C@H](CC(=O)N(C)c3cnc(C)cn3)NC(=O)C=Cc3cc(Cl)ccc3-n3cnnn3)[nH]c2Cl)cc1. The molecule has 17 heteroatoms. The third kappa shape index (κ3) is 8.14. The number of tetrazole rings is 1. The highest BCUT2D eigenvalue weighted by molar-refractivity contribution is 6.32. The zero-order valence-electron chi connectivity index (χ0n) is 25.2. The summed E-state index contributed by atoms with van der Waals surface area (Å²) in [7, 11) is 3.01. The lowest BCUT2D eigenvalue weighted by molar-refractivity contribution is -0.120. The van der Waals surface area contributed by atoms with Crippen molar-refractivity contribution < 1.29 is 19.1 Å². The van der Waals surface area contributed by atoms with Crippen LogP contribution in [0.2, 0.25) is 10.2 Å². The van der Waals surface area contributed by atoms with Crippen molar-refractivity contribution in [2.45, 2.75) is 19.4 Å². The van der Waals surface area contributed by atoms with E-state index in [1.165, 1.54) is 35.2 Å². The van der Waals surface area contributed by atoms with E-state index in [0.29, 0.717) is 44.8 Å². The lowest BCUT2D eigenvalue weighted by atomic mass is 10.1. The number of H-pyrrole nitrogens is 1. The Morgan fingerprint density at radius 1 is 1.11 bits per heavy atom. The Labute approximate surface area is 278 Å². The number of carbonyl (C=O) groups is 3. The van der Waals surface area contributed by atoms with Crippen molar-refractivity contribution >= 4 is 53.0 Å². The number of aryl methyl sites for hydroxylation is 1. The molecule has 3 N–H and O–H groups in total. The second-order valence-electron chi connectivity index (χ2n) is 9.97. The predicted molar refractivity (Wildman–Crippen MR) is 173 cm³/mol. The normalized spacial score (nSPS) is 11.7. The van der Waals surface area contributed by atoms with Crippen LogP contribution in [0.1, 0.15) is 29.5 Å². The van der Waals surface area contributed by atoms with Crippen LogP contribution >= 0.6 is 23.2 Å². The number of nitrogens with zero attached hydrogens (tertiary/aromatic N) is 8.